The van der Waals surface area contributed by atoms with Crippen molar-refractivity contribution in [1.29, 1.82) is 0 Å². The van der Waals surface area contributed by atoms with E-state index in [0.29, 0.717) is 31.5 Å². The fourth-order valence-electron chi connectivity index (χ4n) is 4.67. The molecule has 0 unspecified atom stereocenters. The van der Waals surface area contributed by atoms with Crippen molar-refractivity contribution in [2.24, 2.45) is 0 Å². The number of methoxy groups -OCH3 is 1. The van der Waals surface area contributed by atoms with E-state index in [1.165, 1.54) is 7.11 Å². The molecule has 0 radical (unpaired) electrons. The summed E-state index contributed by atoms with van der Waals surface area (Å²) in [5, 5.41) is 0. The van der Waals surface area contributed by atoms with Gasteiger partial charge in [-0.25, -0.2) is 0 Å². The molecule has 3 aromatic rings. The predicted octanol–water partition coefficient (Wildman–Crippen LogP) is 4.44. The molecule has 0 bridgehead atoms. The Kier molecular flexibility index (Phi) is 5.68. The number of esters is 1. The third-order valence-electron chi connectivity index (χ3n) is 6.45. The first-order valence-electron chi connectivity index (χ1n) is 10.6. The van der Waals surface area contributed by atoms with E-state index in [-0.39, 0.29) is 11.9 Å². The van der Waals surface area contributed by atoms with Crippen LogP contribution in [0.15, 0.2) is 66.7 Å². The maximum absolute atomic E-state index is 13.1. The summed E-state index contributed by atoms with van der Waals surface area (Å²) in [6, 6.07) is 21.7. The Labute approximate surface area is 183 Å². The lowest BCUT2D eigenvalue weighted by molar-refractivity contribution is -0.149. The first-order chi connectivity index (χ1) is 15.0. The molecule has 0 saturated carbocycles. The fourth-order valence-corrected chi connectivity index (χ4v) is 4.67. The molecule has 1 saturated heterocycles. The fraction of sp³-hybridized carbons (Fsp3) is 0.308. The van der Waals surface area contributed by atoms with Crippen molar-refractivity contribution in [3.63, 3.8) is 0 Å². The maximum Gasteiger partial charge on any atom is 0.316 e. The van der Waals surface area contributed by atoms with E-state index in [2.05, 4.69) is 30.5 Å². The zero-order valence-corrected chi connectivity index (χ0v) is 18.3. The summed E-state index contributed by atoms with van der Waals surface area (Å²) in [6.45, 7) is 5.17. The van der Waals surface area contributed by atoms with E-state index in [1.807, 2.05) is 59.5 Å². The number of benzene rings is 2. The molecule has 1 aliphatic rings. The van der Waals surface area contributed by atoms with Crippen LogP contribution >= 0.6 is 0 Å². The average molecular weight is 417 g/mol. The molecule has 0 N–H and O–H groups in total. The van der Waals surface area contributed by atoms with Gasteiger partial charge in [-0.15, -0.1) is 0 Å². The Balaban J connectivity index is 1.51. The molecule has 0 aliphatic carbocycles. The lowest BCUT2D eigenvalue weighted by Crippen LogP contribution is -2.49. The number of carbonyl (C=O) groups is 2. The van der Waals surface area contributed by atoms with Crippen molar-refractivity contribution in [3.05, 3.63) is 89.2 Å². The quantitative estimate of drug-likeness (QED) is 0.591. The standard InChI is InChI=1S/C26H28N2O3/c1-19-9-10-20(2)28(19)23-13-11-21(12-14-23)24(29)27-17-15-26(16-18-27,25(30)31-3)22-7-5-4-6-8-22/h4-14H,15-18H2,1-3H3. The Hall–Kier alpha value is -3.34. The maximum atomic E-state index is 13.1. The van der Waals surface area contributed by atoms with Crippen LogP contribution in [0.1, 0.15) is 40.2 Å². The molecule has 2 aromatic carbocycles. The summed E-state index contributed by atoms with van der Waals surface area (Å²) in [6.07, 6.45) is 1.10. The molecule has 1 fully saturated rings. The van der Waals surface area contributed by atoms with Crippen LogP contribution in [0.5, 0.6) is 0 Å². The molecule has 0 spiro atoms. The Morgan fingerprint density at radius 1 is 0.839 bits per heavy atom. The van der Waals surface area contributed by atoms with Gasteiger partial charge >= 0.3 is 5.97 Å². The Bertz CT molecular complexity index is 1060. The van der Waals surface area contributed by atoms with Gasteiger partial charge in [0, 0.05) is 35.7 Å². The number of aryl methyl sites for hydroxylation is 2. The Morgan fingerprint density at radius 2 is 1.42 bits per heavy atom. The second kappa shape index (κ2) is 8.42. The highest BCUT2D eigenvalue weighted by atomic mass is 16.5. The van der Waals surface area contributed by atoms with E-state index >= 15 is 0 Å². The van der Waals surface area contributed by atoms with Gasteiger partial charge < -0.3 is 14.2 Å². The highest BCUT2D eigenvalue weighted by molar-refractivity contribution is 5.95. The first-order valence-corrected chi connectivity index (χ1v) is 10.6. The van der Waals surface area contributed by atoms with Crippen LogP contribution < -0.4 is 0 Å². The highest BCUT2D eigenvalue weighted by Crippen LogP contribution is 2.37. The van der Waals surface area contributed by atoms with Crippen molar-refractivity contribution in [1.82, 2.24) is 9.47 Å². The number of piperidine rings is 1. The molecule has 1 aromatic heterocycles. The number of nitrogens with zero attached hydrogens (tertiary/aromatic N) is 2. The highest BCUT2D eigenvalue weighted by Gasteiger charge is 2.44. The second-order valence-corrected chi connectivity index (χ2v) is 8.23. The van der Waals surface area contributed by atoms with Crippen molar-refractivity contribution >= 4 is 11.9 Å². The lowest BCUT2D eigenvalue weighted by atomic mass is 9.72. The van der Waals surface area contributed by atoms with E-state index in [0.717, 1.165) is 22.6 Å². The predicted molar refractivity (Wildman–Crippen MR) is 121 cm³/mol. The number of amides is 1. The summed E-state index contributed by atoms with van der Waals surface area (Å²) in [4.78, 5) is 27.7. The molecular weight excluding hydrogens is 388 g/mol. The SMILES string of the molecule is COC(=O)C1(c2ccccc2)CCN(C(=O)c2ccc(-n3c(C)ccc3C)cc2)CC1. The molecule has 160 valence electrons. The van der Waals surface area contributed by atoms with Crippen molar-refractivity contribution < 1.29 is 14.3 Å². The molecule has 0 atom stereocenters. The largest absolute Gasteiger partial charge is 0.468 e. The monoisotopic (exact) mass is 416 g/mol. The second-order valence-electron chi connectivity index (χ2n) is 8.23. The summed E-state index contributed by atoms with van der Waals surface area (Å²) in [7, 11) is 1.43. The number of carbonyl (C=O) groups excluding carboxylic acids is 2. The summed E-state index contributed by atoms with van der Waals surface area (Å²) < 4.78 is 7.32. The average Bonchev–Trinajstić information content (AvgIpc) is 3.16. The van der Waals surface area contributed by atoms with E-state index < -0.39 is 5.41 Å². The van der Waals surface area contributed by atoms with Crippen LogP contribution in [-0.4, -0.2) is 41.5 Å². The van der Waals surface area contributed by atoms with Crippen LogP contribution in [0.25, 0.3) is 5.69 Å². The molecule has 2 heterocycles. The minimum absolute atomic E-state index is 0.000900. The van der Waals surface area contributed by atoms with Crippen LogP contribution in [-0.2, 0) is 14.9 Å². The smallest absolute Gasteiger partial charge is 0.316 e. The summed E-state index contributed by atoms with van der Waals surface area (Å²) in [5.41, 5.74) is 4.29. The third kappa shape index (κ3) is 3.76. The van der Waals surface area contributed by atoms with Gasteiger partial charge in [0.2, 0.25) is 0 Å². The first kappa shape index (κ1) is 20.9. The summed E-state index contributed by atoms with van der Waals surface area (Å²) in [5.74, 6) is -0.230. The molecule has 5 heteroatoms. The molecule has 5 nitrogen and oxygen atoms in total. The van der Waals surface area contributed by atoms with Gasteiger partial charge in [0.15, 0.2) is 0 Å². The normalized spacial score (nSPS) is 15.5. The molecule has 1 amide bonds. The molecule has 31 heavy (non-hydrogen) atoms. The molecule has 4 rings (SSSR count). The van der Waals surface area contributed by atoms with Gasteiger partial charge in [0.1, 0.15) is 0 Å². The van der Waals surface area contributed by atoms with E-state index in [4.69, 9.17) is 4.74 Å². The van der Waals surface area contributed by atoms with Crippen LogP contribution in [0, 0.1) is 13.8 Å². The van der Waals surface area contributed by atoms with Gasteiger partial charge in [0.25, 0.3) is 5.91 Å². The minimum atomic E-state index is -0.694. The van der Waals surface area contributed by atoms with Gasteiger partial charge in [-0.2, -0.15) is 0 Å². The number of aromatic nitrogens is 1. The van der Waals surface area contributed by atoms with Crippen molar-refractivity contribution in [2.75, 3.05) is 20.2 Å². The van der Waals surface area contributed by atoms with E-state index in [9.17, 15) is 9.59 Å². The topological polar surface area (TPSA) is 51.5 Å². The van der Waals surface area contributed by atoms with Crippen LogP contribution in [0.4, 0.5) is 0 Å². The number of rotatable bonds is 4. The van der Waals surface area contributed by atoms with Gasteiger partial charge in [-0.1, -0.05) is 30.3 Å². The minimum Gasteiger partial charge on any atom is -0.468 e. The zero-order chi connectivity index (χ0) is 22.0. The molecule has 1 aliphatic heterocycles. The van der Waals surface area contributed by atoms with Crippen molar-refractivity contribution in [3.8, 4) is 5.69 Å². The van der Waals surface area contributed by atoms with E-state index in [1.54, 1.807) is 0 Å². The van der Waals surface area contributed by atoms with Crippen molar-refractivity contribution in [2.45, 2.75) is 32.1 Å². The molecular formula is C26H28N2O3. The van der Waals surface area contributed by atoms with Crippen LogP contribution in [0.3, 0.4) is 0 Å². The number of hydrogen-bond donors (Lipinski definition) is 0. The van der Waals surface area contributed by atoms with Crippen LogP contribution in [0.2, 0.25) is 0 Å². The zero-order valence-electron chi connectivity index (χ0n) is 18.3. The Morgan fingerprint density at radius 3 is 1.97 bits per heavy atom. The third-order valence-corrected chi connectivity index (χ3v) is 6.45. The van der Waals surface area contributed by atoms with Gasteiger partial charge in [-0.3, -0.25) is 9.59 Å². The summed E-state index contributed by atoms with van der Waals surface area (Å²) >= 11 is 0. The van der Waals surface area contributed by atoms with Gasteiger partial charge in [-0.05, 0) is 68.7 Å². The number of ether oxygens (including phenoxy) is 1. The van der Waals surface area contributed by atoms with Gasteiger partial charge in [0.05, 0.1) is 12.5 Å². The number of likely N-dealkylation sites (tertiary alicyclic amines) is 1. The lowest BCUT2D eigenvalue weighted by Gasteiger charge is -2.40. The number of hydrogen-bond acceptors (Lipinski definition) is 3.